The van der Waals surface area contributed by atoms with Gasteiger partial charge in [0.1, 0.15) is 17.2 Å². The van der Waals surface area contributed by atoms with Crippen molar-refractivity contribution in [3.63, 3.8) is 0 Å². The molecule has 0 aromatic heterocycles. The van der Waals surface area contributed by atoms with Crippen molar-refractivity contribution in [1.29, 1.82) is 0 Å². The summed E-state index contributed by atoms with van der Waals surface area (Å²) >= 11 is 0. The molecule has 0 saturated carbocycles. The van der Waals surface area contributed by atoms with E-state index in [0.717, 1.165) is 18.6 Å². The van der Waals surface area contributed by atoms with E-state index < -0.39 is 5.97 Å². The van der Waals surface area contributed by atoms with Crippen molar-refractivity contribution in [2.24, 2.45) is 0 Å². The summed E-state index contributed by atoms with van der Waals surface area (Å²) in [6.45, 7) is 4.80. The number of unbranched alkanes of at least 4 members (excludes halogenated alkanes) is 4. The first-order chi connectivity index (χ1) is 14.1. The first kappa shape index (κ1) is 22.5. The van der Waals surface area contributed by atoms with Gasteiger partial charge in [-0.15, -0.1) is 0 Å². The van der Waals surface area contributed by atoms with Gasteiger partial charge in [0, 0.05) is 6.42 Å². The van der Waals surface area contributed by atoms with Crippen molar-refractivity contribution < 1.29 is 23.8 Å². The number of rotatable bonds is 12. The second-order valence-electron chi connectivity index (χ2n) is 6.87. The molecule has 0 aliphatic heterocycles. The molecule has 0 saturated heterocycles. The topological polar surface area (TPSA) is 61.8 Å². The number of hydrogen-bond donors (Lipinski definition) is 0. The van der Waals surface area contributed by atoms with E-state index in [4.69, 9.17) is 14.2 Å². The molecule has 0 aliphatic carbocycles. The highest BCUT2D eigenvalue weighted by Gasteiger charge is 2.10. The lowest BCUT2D eigenvalue weighted by atomic mass is 10.2. The monoisotopic (exact) mass is 398 g/mol. The van der Waals surface area contributed by atoms with Crippen molar-refractivity contribution in [2.75, 3.05) is 6.61 Å². The van der Waals surface area contributed by atoms with Gasteiger partial charge in [0.05, 0.1) is 12.2 Å². The van der Waals surface area contributed by atoms with Crippen LogP contribution in [0.5, 0.6) is 17.2 Å². The van der Waals surface area contributed by atoms with Gasteiger partial charge in [-0.3, -0.25) is 4.79 Å². The Morgan fingerprint density at radius 1 is 0.690 bits per heavy atom. The van der Waals surface area contributed by atoms with Crippen molar-refractivity contribution in [2.45, 2.75) is 58.8 Å². The normalized spacial score (nSPS) is 10.4. The summed E-state index contributed by atoms with van der Waals surface area (Å²) in [5.41, 5.74) is 0.382. The van der Waals surface area contributed by atoms with E-state index in [9.17, 15) is 9.59 Å². The molecule has 0 aliphatic rings. The molecule has 5 heteroatoms. The smallest absolute Gasteiger partial charge is 0.343 e. The minimum Gasteiger partial charge on any atom is -0.494 e. The average molecular weight is 398 g/mol. The summed E-state index contributed by atoms with van der Waals surface area (Å²) in [6, 6.07) is 13.3. The van der Waals surface area contributed by atoms with E-state index in [0.29, 0.717) is 30.1 Å². The van der Waals surface area contributed by atoms with Gasteiger partial charge in [0.2, 0.25) is 0 Å². The van der Waals surface area contributed by atoms with E-state index in [1.165, 1.54) is 25.7 Å². The third kappa shape index (κ3) is 8.38. The first-order valence-corrected chi connectivity index (χ1v) is 10.4. The summed E-state index contributed by atoms with van der Waals surface area (Å²) in [4.78, 5) is 23.8. The minimum atomic E-state index is -0.471. The summed E-state index contributed by atoms with van der Waals surface area (Å²) in [5, 5.41) is 0. The maximum atomic E-state index is 12.3. The lowest BCUT2D eigenvalue weighted by molar-refractivity contribution is -0.134. The van der Waals surface area contributed by atoms with E-state index in [1.807, 2.05) is 6.92 Å². The predicted molar refractivity (Wildman–Crippen MR) is 113 cm³/mol. The zero-order chi connectivity index (χ0) is 20.9. The molecule has 2 aromatic carbocycles. The number of carbonyl (C=O) groups is 2. The van der Waals surface area contributed by atoms with Crippen LogP contribution in [0, 0.1) is 0 Å². The molecule has 2 aromatic rings. The van der Waals surface area contributed by atoms with Crippen LogP contribution in [0.15, 0.2) is 48.5 Å². The van der Waals surface area contributed by atoms with Gasteiger partial charge in [-0.1, -0.05) is 39.5 Å². The first-order valence-electron chi connectivity index (χ1n) is 10.4. The molecule has 156 valence electrons. The number of esters is 2. The van der Waals surface area contributed by atoms with Crippen molar-refractivity contribution in [3.8, 4) is 17.2 Å². The second kappa shape index (κ2) is 12.6. The molecule has 0 amide bonds. The minimum absolute atomic E-state index is 0.286. The molecule has 0 spiro atoms. The maximum Gasteiger partial charge on any atom is 0.343 e. The Morgan fingerprint density at radius 2 is 1.28 bits per heavy atom. The second-order valence-corrected chi connectivity index (χ2v) is 6.87. The Bertz CT molecular complexity index is 750. The van der Waals surface area contributed by atoms with Crippen LogP contribution >= 0.6 is 0 Å². The van der Waals surface area contributed by atoms with E-state index in [1.54, 1.807) is 48.5 Å². The number of hydrogen-bond acceptors (Lipinski definition) is 5. The van der Waals surface area contributed by atoms with Crippen LogP contribution in [0.3, 0.4) is 0 Å². The molecule has 0 radical (unpaired) electrons. The van der Waals surface area contributed by atoms with Crippen LogP contribution in [0.1, 0.15) is 69.2 Å². The average Bonchev–Trinajstić information content (AvgIpc) is 2.72. The molecule has 2 rings (SSSR count). The molecule has 0 fully saturated rings. The van der Waals surface area contributed by atoms with Gasteiger partial charge in [-0.2, -0.15) is 0 Å². The zero-order valence-corrected chi connectivity index (χ0v) is 17.3. The molecule has 5 nitrogen and oxygen atoms in total. The van der Waals surface area contributed by atoms with Crippen LogP contribution < -0.4 is 14.2 Å². The molecule has 0 N–H and O–H groups in total. The summed E-state index contributed by atoms with van der Waals surface area (Å²) in [5.74, 6) is 0.866. The van der Waals surface area contributed by atoms with Gasteiger partial charge in [0.15, 0.2) is 0 Å². The van der Waals surface area contributed by atoms with Crippen molar-refractivity contribution >= 4 is 11.9 Å². The van der Waals surface area contributed by atoms with Crippen LogP contribution in [0.4, 0.5) is 0 Å². The van der Waals surface area contributed by atoms with E-state index in [-0.39, 0.29) is 5.97 Å². The third-order valence-electron chi connectivity index (χ3n) is 4.33. The van der Waals surface area contributed by atoms with Crippen molar-refractivity contribution in [1.82, 2.24) is 0 Å². The summed E-state index contributed by atoms with van der Waals surface area (Å²) < 4.78 is 16.3. The lowest BCUT2D eigenvalue weighted by Crippen LogP contribution is -2.09. The molecular weight excluding hydrogens is 368 g/mol. The Kier molecular flexibility index (Phi) is 9.76. The van der Waals surface area contributed by atoms with Crippen LogP contribution in [-0.2, 0) is 4.79 Å². The number of carbonyl (C=O) groups excluding carboxylic acids is 2. The van der Waals surface area contributed by atoms with Gasteiger partial charge in [0.25, 0.3) is 0 Å². The highest BCUT2D eigenvalue weighted by Crippen LogP contribution is 2.20. The van der Waals surface area contributed by atoms with Crippen LogP contribution in [0.2, 0.25) is 0 Å². The maximum absolute atomic E-state index is 12.3. The Hall–Kier alpha value is -2.82. The van der Waals surface area contributed by atoms with E-state index in [2.05, 4.69) is 6.92 Å². The fourth-order valence-corrected chi connectivity index (χ4v) is 2.71. The molecule has 29 heavy (non-hydrogen) atoms. The third-order valence-corrected chi connectivity index (χ3v) is 4.33. The molecular formula is C24H30O5. The number of benzene rings is 2. The number of ether oxygens (including phenoxy) is 3. The van der Waals surface area contributed by atoms with E-state index >= 15 is 0 Å². The fraction of sp³-hybridized carbons (Fsp3) is 0.417. The predicted octanol–water partition coefficient (Wildman–Crippen LogP) is 5.96. The van der Waals surface area contributed by atoms with Gasteiger partial charge in [-0.25, -0.2) is 4.79 Å². The Morgan fingerprint density at radius 3 is 1.93 bits per heavy atom. The lowest BCUT2D eigenvalue weighted by Gasteiger charge is -2.08. The Balaban J connectivity index is 1.79. The highest BCUT2D eigenvalue weighted by molar-refractivity contribution is 5.91. The highest BCUT2D eigenvalue weighted by atomic mass is 16.5. The SMILES string of the molecule is CCCCCCCOc1ccc(OC(=O)c2ccc(OC(=O)CCC)cc2)cc1. The van der Waals surface area contributed by atoms with Crippen LogP contribution in [-0.4, -0.2) is 18.5 Å². The molecule has 0 heterocycles. The zero-order valence-electron chi connectivity index (χ0n) is 17.3. The van der Waals surface area contributed by atoms with Gasteiger partial charge in [-0.05, 0) is 61.4 Å². The quantitative estimate of drug-likeness (QED) is 0.251. The van der Waals surface area contributed by atoms with Gasteiger partial charge >= 0.3 is 11.9 Å². The van der Waals surface area contributed by atoms with Crippen molar-refractivity contribution in [3.05, 3.63) is 54.1 Å². The summed E-state index contributed by atoms with van der Waals surface area (Å²) in [7, 11) is 0. The van der Waals surface area contributed by atoms with Gasteiger partial charge < -0.3 is 14.2 Å². The molecule has 0 bridgehead atoms. The summed E-state index contributed by atoms with van der Waals surface area (Å²) in [6.07, 6.45) is 7.07. The molecule has 0 unspecified atom stereocenters. The fourth-order valence-electron chi connectivity index (χ4n) is 2.71. The largest absolute Gasteiger partial charge is 0.494 e. The Labute approximate surface area is 173 Å². The molecule has 0 atom stereocenters. The van der Waals surface area contributed by atoms with Crippen LogP contribution in [0.25, 0.3) is 0 Å². The standard InChI is InChI=1S/C24H30O5/c1-3-5-6-7-8-18-27-20-14-16-22(17-15-20)29-24(26)19-10-12-21(13-11-19)28-23(25)9-4-2/h10-17H,3-9,18H2,1-2H3.